The van der Waals surface area contributed by atoms with Gasteiger partial charge < -0.3 is 25.2 Å². The highest BCUT2D eigenvalue weighted by atomic mass is 16.5. The molecule has 9 atom stereocenters. The fraction of sp³-hybridized carbons (Fsp3) is 0.933. The minimum atomic E-state index is -0.796. The molecule has 202 valence electrons. The highest BCUT2D eigenvalue weighted by Crippen LogP contribution is 2.59. The molecule has 0 radical (unpaired) electrons. The number of rotatable bonds is 3. The second-order valence-corrected chi connectivity index (χ2v) is 14.5. The van der Waals surface area contributed by atoms with Gasteiger partial charge in [-0.1, -0.05) is 26.3 Å². The number of allylic oxidation sites excluding steroid dienone is 1. The van der Waals surface area contributed by atoms with Gasteiger partial charge in [0.05, 0.1) is 35.1 Å². The Morgan fingerprint density at radius 3 is 2.11 bits per heavy atom. The van der Waals surface area contributed by atoms with Crippen molar-refractivity contribution in [2.24, 2.45) is 28.6 Å². The van der Waals surface area contributed by atoms with E-state index in [1.807, 2.05) is 27.7 Å². The summed E-state index contributed by atoms with van der Waals surface area (Å²) < 4.78 is 6.57. The van der Waals surface area contributed by atoms with Crippen molar-refractivity contribution >= 4 is 0 Å². The third kappa shape index (κ3) is 4.56. The van der Waals surface area contributed by atoms with Crippen LogP contribution in [0.1, 0.15) is 113 Å². The van der Waals surface area contributed by atoms with E-state index < -0.39 is 29.0 Å². The third-order valence-electron chi connectivity index (χ3n) is 11.5. The van der Waals surface area contributed by atoms with Gasteiger partial charge in [0.15, 0.2) is 0 Å². The van der Waals surface area contributed by atoms with E-state index in [9.17, 15) is 20.4 Å². The molecule has 0 spiro atoms. The monoisotopic (exact) mass is 492 g/mol. The molecule has 0 aromatic rings. The first-order valence-electron chi connectivity index (χ1n) is 14.1. The lowest BCUT2D eigenvalue weighted by Crippen LogP contribution is -2.56. The van der Waals surface area contributed by atoms with Crippen molar-refractivity contribution in [3.63, 3.8) is 0 Å². The van der Waals surface area contributed by atoms with Gasteiger partial charge in [0, 0.05) is 0 Å². The van der Waals surface area contributed by atoms with Crippen molar-refractivity contribution in [1.29, 1.82) is 0 Å². The quantitative estimate of drug-likeness (QED) is 0.410. The van der Waals surface area contributed by atoms with Gasteiger partial charge in [0.25, 0.3) is 0 Å². The number of hydrogen-bond donors (Lipinski definition) is 4. The lowest BCUT2D eigenvalue weighted by Gasteiger charge is -2.54. The van der Waals surface area contributed by atoms with Crippen LogP contribution in [-0.4, -0.2) is 55.5 Å². The molecule has 0 aromatic carbocycles. The van der Waals surface area contributed by atoms with Gasteiger partial charge >= 0.3 is 0 Å². The summed E-state index contributed by atoms with van der Waals surface area (Å²) in [5.41, 5.74) is -0.0775. The molecule has 0 amide bonds. The molecule has 2 saturated carbocycles. The second-order valence-electron chi connectivity index (χ2n) is 14.5. The molecule has 0 bridgehead atoms. The van der Waals surface area contributed by atoms with E-state index in [0.29, 0.717) is 25.2 Å². The maximum atomic E-state index is 11.7. The van der Waals surface area contributed by atoms with Crippen LogP contribution in [0.2, 0.25) is 0 Å². The Balaban J connectivity index is 1.64. The Bertz CT molecular complexity index is 840. The molecule has 4 aliphatic rings. The summed E-state index contributed by atoms with van der Waals surface area (Å²) in [5, 5.41) is 44.7. The molecule has 0 aromatic heterocycles. The smallest absolute Gasteiger partial charge is 0.0888 e. The molecule has 1 heterocycles. The molecule has 4 rings (SSSR count). The van der Waals surface area contributed by atoms with E-state index in [1.54, 1.807) is 0 Å². The molecule has 3 fully saturated rings. The van der Waals surface area contributed by atoms with Gasteiger partial charge in [0.2, 0.25) is 0 Å². The highest BCUT2D eigenvalue weighted by Gasteiger charge is 2.57. The van der Waals surface area contributed by atoms with Crippen LogP contribution >= 0.6 is 0 Å². The average molecular weight is 493 g/mol. The zero-order chi connectivity index (χ0) is 26.2. The summed E-state index contributed by atoms with van der Waals surface area (Å²) in [4.78, 5) is 0. The van der Waals surface area contributed by atoms with Crippen molar-refractivity contribution < 1.29 is 25.2 Å². The predicted molar refractivity (Wildman–Crippen MR) is 139 cm³/mol. The average Bonchev–Trinajstić information content (AvgIpc) is 2.96. The lowest BCUT2D eigenvalue weighted by atomic mass is 9.55. The normalized spacial score (nSPS) is 49.7. The molecular formula is C30H52O5. The molecule has 3 aliphatic carbocycles. The number of aliphatic hydroxyl groups is 4. The SMILES string of the molecule is CC1=C(CCC2C(C)(O)CCC3OC(C)(C)C(O)CCC32C)C(C)(C)C2CCC(C)(O)C2CC1O. The fourth-order valence-corrected chi connectivity index (χ4v) is 8.98. The minimum absolute atomic E-state index is 0.0111. The number of hydrogen-bond acceptors (Lipinski definition) is 5. The van der Waals surface area contributed by atoms with E-state index in [0.717, 1.165) is 44.1 Å². The molecule has 5 nitrogen and oxygen atoms in total. The fourth-order valence-electron chi connectivity index (χ4n) is 8.98. The van der Waals surface area contributed by atoms with Crippen molar-refractivity contribution in [3.05, 3.63) is 11.1 Å². The third-order valence-corrected chi connectivity index (χ3v) is 11.5. The Hall–Kier alpha value is -0.460. The van der Waals surface area contributed by atoms with Crippen LogP contribution in [0, 0.1) is 28.6 Å². The maximum Gasteiger partial charge on any atom is 0.0888 e. The zero-order valence-corrected chi connectivity index (χ0v) is 23.5. The van der Waals surface area contributed by atoms with Crippen LogP contribution < -0.4 is 0 Å². The molecule has 1 aliphatic heterocycles. The predicted octanol–water partition coefficient (Wildman–Crippen LogP) is 5.14. The first kappa shape index (κ1) is 27.6. The van der Waals surface area contributed by atoms with Gasteiger partial charge in [-0.2, -0.15) is 0 Å². The van der Waals surface area contributed by atoms with Gasteiger partial charge in [-0.05, 0) is 127 Å². The molecule has 1 saturated heterocycles. The molecule has 9 unspecified atom stereocenters. The Kier molecular flexibility index (Phi) is 6.93. The Labute approximate surface area is 213 Å². The second kappa shape index (κ2) is 8.80. The standard InChI is InChI=1S/C30H52O5/c1-18-19(26(2,3)20-11-15-29(7,33)21(20)17-22(18)31)9-10-23-28(6)14-12-24(32)27(4,5)35-25(28)13-16-30(23,8)34/h20-25,31-34H,9-17H2,1-8H3. The first-order chi connectivity index (χ1) is 15.9. The van der Waals surface area contributed by atoms with E-state index in [2.05, 4.69) is 27.7 Å². The van der Waals surface area contributed by atoms with Gasteiger partial charge in [-0.25, -0.2) is 0 Å². The summed E-state index contributed by atoms with van der Waals surface area (Å²) in [6.45, 7) is 16.9. The Morgan fingerprint density at radius 1 is 0.829 bits per heavy atom. The summed E-state index contributed by atoms with van der Waals surface area (Å²) in [6.07, 6.45) is 6.04. The first-order valence-corrected chi connectivity index (χ1v) is 14.1. The Morgan fingerprint density at radius 2 is 1.46 bits per heavy atom. The molecule has 35 heavy (non-hydrogen) atoms. The summed E-state index contributed by atoms with van der Waals surface area (Å²) in [7, 11) is 0. The van der Waals surface area contributed by atoms with Crippen LogP contribution in [0.3, 0.4) is 0 Å². The van der Waals surface area contributed by atoms with Crippen molar-refractivity contribution in [2.75, 3.05) is 0 Å². The lowest BCUT2D eigenvalue weighted by molar-refractivity contribution is -0.205. The minimum Gasteiger partial charge on any atom is -0.390 e. The van der Waals surface area contributed by atoms with Gasteiger partial charge in [-0.3, -0.25) is 0 Å². The van der Waals surface area contributed by atoms with Crippen LogP contribution in [0.25, 0.3) is 0 Å². The van der Waals surface area contributed by atoms with Crippen LogP contribution in [0.15, 0.2) is 11.1 Å². The van der Waals surface area contributed by atoms with Crippen molar-refractivity contribution in [1.82, 2.24) is 0 Å². The van der Waals surface area contributed by atoms with Gasteiger partial charge in [0.1, 0.15) is 0 Å². The number of fused-ring (bicyclic) bond motifs is 2. The van der Waals surface area contributed by atoms with Crippen LogP contribution in [-0.2, 0) is 4.74 Å². The van der Waals surface area contributed by atoms with Crippen molar-refractivity contribution in [2.45, 2.75) is 148 Å². The van der Waals surface area contributed by atoms with E-state index >= 15 is 0 Å². The van der Waals surface area contributed by atoms with Crippen LogP contribution in [0.5, 0.6) is 0 Å². The summed E-state index contributed by atoms with van der Waals surface area (Å²) in [6, 6.07) is 0. The van der Waals surface area contributed by atoms with E-state index in [-0.39, 0.29) is 28.8 Å². The molecule has 5 heteroatoms. The van der Waals surface area contributed by atoms with Gasteiger partial charge in [-0.15, -0.1) is 0 Å². The zero-order valence-electron chi connectivity index (χ0n) is 23.5. The number of aliphatic hydroxyl groups excluding tert-OH is 2. The largest absolute Gasteiger partial charge is 0.390 e. The maximum absolute atomic E-state index is 11.7. The summed E-state index contributed by atoms with van der Waals surface area (Å²) >= 11 is 0. The summed E-state index contributed by atoms with van der Waals surface area (Å²) in [5.74, 6) is 0.472. The highest BCUT2D eigenvalue weighted by molar-refractivity contribution is 5.28. The topological polar surface area (TPSA) is 90.2 Å². The van der Waals surface area contributed by atoms with Crippen LogP contribution in [0.4, 0.5) is 0 Å². The molecular weight excluding hydrogens is 440 g/mol. The van der Waals surface area contributed by atoms with E-state index in [4.69, 9.17) is 4.74 Å². The molecule has 4 N–H and O–H groups in total. The van der Waals surface area contributed by atoms with Crippen molar-refractivity contribution in [3.8, 4) is 0 Å². The van der Waals surface area contributed by atoms with E-state index in [1.165, 1.54) is 5.57 Å². The number of ether oxygens (including phenoxy) is 1.